The average molecular weight is 227 g/mol. The first-order chi connectivity index (χ1) is 8.36. The van der Waals surface area contributed by atoms with E-state index in [-0.39, 0.29) is 0 Å². The molecule has 1 fully saturated rings. The third-order valence-electron chi connectivity index (χ3n) is 4.34. The van der Waals surface area contributed by atoms with Gasteiger partial charge in [-0.2, -0.15) is 0 Å². The van der Waals surface area contributed by atoms with E-state index in [1.165, 1.54) is 48.2 Å². The standard InChI is InChI=1S/C14H17N3/c15-8-9-1-2-12-11(7-9)13-10-3-5-17(6-4-10)14(13)16-12/h1-2,7,10,16H,3-6,8,15H2. The summed E-state index contributed by atoms with van der Waals surface area (Å²) in [6.45, 7) is 3.06. The molecule has 3 aliphatic heterocycles. The maximum atomic E-state index is 5.74. The zero-order valence-corrected chi connectivity index (χ0v) is 9.87. The molecule has 3 aliphatic rings. The number of aromatic nitrogens is 1. The number of rotatable bonds is 1. The molecule has 0 saturated carbocycles. The Morgan fingerprint density at radius 3 is 2.88 bits per heavy atom. The predicted octanol–water partition coefficient (Wildman–Crippen LogP) is 2.32. The number of H-pyrrole nitrogens is 1. The van der Waals surface area contributed by atoms with Crippen molar-refractivity contribution in [2.75, 3.05) is 18.0 Å². The number of nitrogens with two attached hydrogens (primary N) is 1. The summed E-state index contributed by atoms with van der Waals surface area (Å²) in [6, 6.07) is 6.57. The lowest BCUT2D eigenvalue weighted by Gasteiger charge is -2.40. The summed E-state index contributed by atoms with van der Waals surface area (Å²) in [4.78, 5) is 6.08. The molecule has 2 bridgehead atoms. The van der Waals surface area contributed by atoms with Crippen LogP contribution in [0.15, 0.2) is 18.2 Å². The second-order valence-electron chi connectivity index (χ2n) is 5.23. The van der Waals surface area contributed by atoms with E-state index in [2.05, 4.69) is 28.1 Å². The fourth-order valence-corrected chi connectivity index (χ4v) is 3.43. The van der Waals surface area contributed by atoms with Crippen molar-refractivity contribution in [3.05, 3.63) is 29.3 Å². The van der Waals surface area contributed by atoms with Crippen LogP contribution >= 0.6 is 0 Å². The molecule has 1 aromatic carbocycles. The molecule has 0 amide bonds. The molecule has 3 nitrogen and oxygen atoms in total. The van der Waals surface area contributed by atoms with E-state index < -0.39 is 0 Å². The number of nitrogens with zero attached hydrogens (tertiary/aromatic N) is 1. The van der Waals surface area contributed by atoms with E-state index in [9.17, 15) is 0 Å². The van der Waals surface area contributed by atoms with E-state index in [0.717, 1.165) is 5.92 Å². The molecule has 0 atom stereocenters. The van der Waals surface area contributed by atoms with Crippen LogP contribution in [0.1, 0.15) is 29.9 Å². The van der Waals surface area contributed by atoms with Crippen LogP contribution in [0.3, 0.4) is 0 Å². The molecular formula is C14H17N3. The van der Waals surface area contributed by atoms with Crippen LogP contribution in [0, 0.1) is 0 Å². The van der Waals surface area contributed by atoms with E-state index in [1.54, 1.807) is 5.56 Å². The third kappa shape index (κ3) is 1.20. The largest absolute Gasteiger partial charge is 0.358 e. The highest BCUT2D eigenvalue weighted by Gasteiger charge is 2.33. The summed E-state index contributed by atoms with van der Waals surface area (Å²) in [5.74, 6) is 2.13. The minimum absolute atomic E-state index is 0.629. The minimum Gasteiger partial charge on any atom is -0.358 e. The SMILES string of the molecule is NCc1ccc2[nH]c3c(c2c1)C1CCN3CC1. The van der Waals surface area contributed by atoms with Crippen molar-refractivity contribution >= 4 is 16.7 Å². The van der Waals surface area contributed by atoms with Gasteiger partial charge >= 0.3 is 0 Å². The summed E-state index contributed by atoms with van der Waals surface area (Å²) < 4.78 is 0. The lowest BCUT2D eigenvalue weighted by Crippen LogP contribution is -2.38. The number of benzene rings is 1. The smallest absolute Gasteiger partial charge is 0.110 e. The fraction of sp³-hybridized carbons (Fsp3) is 0.429. The van der Waals surface area contributed by atoms with Gasteiger partial charge in [-0.25, -0.2) is 0 Å². The lowest BCUT2D eigenvalue weighted by atomic mass is 9.84. The molecule has 88 valence electrons. The number of anilines is 1. The molecule has 3 heteroatoms. The van der Waals surface area contributed by atoms with Gasteiger partial charge in [0.2, 0.25) is 0 Å². The number of piperidine rings is 1. The van der Waals surface area contributed by atoms with E-state index in [0.29, 0.717) is 6.54 Å². The predicted molar refractivity (Wildman–Crippen MR) is 70.4 cm³/mol. The quantitative estimate of drug-likeness (QED) is 0.785. The van der Waals surface area contributed by atoms with Gasteiger partial charge in [0.1, 0.15) is 5.82 Å². The molecule has 0 spiro atoms. The molecule has 0 aliphatic carbocycles. The van der Waals surface area contributed by atoms with Gasteiger partial charge in [-0.05, 0) is 36.5 Å². The third-order valence-corrected chi connectivity index (χ3v) is 4.34. The minimum atomic E-state index is 0.629. The summed E-state index contributed by atoms with van der Waals surface area (Å²) in [7, 11) is 0. The summed E-state index contributed by atoms with van der Waals surface area (Å²) in [6.07, 6.45) is 2.62. The summed E-state index contributed by atoms with van der Waals surface area (Å²) >= 11 is 0. The first-order valence-corrected chi connectivity index (χ1v) is 6.46. The lowest BCUT2D eigenvalue weighted by molar-refractivity contribution is 0.475. The summed E-state index contributed by atoms with van der Waals surface area (Å²) in [5, 5.41) is 1.40. The highest BCUT2D eigenvalue weighted by Crippen LogP contribution is 2.45. The number of fused-ring (bicyclic) bond motifs is 3. The highest BCUT2D eigenvalue weighted by molar-refractivity contribution is 5.91. The van der Waals surface area contributed by atoms with Crippen LogP contribution in [-0.4, -0.2) is 18.1 Å². The van der Waals surface area contributed by atoms with Crippen molar-refractivity contribution in [1.82, 2.24) is 4.98 Å². The molecular weight excluding hydrogens is 210 g/mol. The molecule has 3 N–H and O–H groups in total. The molecule has 17 heavy (non-hydrogen) atoms. The fourth-order valence-electron chi connectivity index (χ4n) is 3.43. The molecule has 1 saturated heterocycles. The van der Waals surface area contributed by atoms with Crippen molar-refractivity contribution in [2.45, 2.75) is 25.3 Å². The van der Waals surface area contributed by atoms with Crippen LogP contribution in [0.5, 0.6) is 0 Å². The van der Waals surface area contributed by atoms with E-state index in [1.807, 2.05) is 0 Å². The number of aromatic amines is 1. The molecule has 5 rings (SSSR count). The Morgan fingerprint density at radius 1 is 1.29 bits per heavy atom. The van der Waals surface area contributed by atoms with E-state index >= 15 is 0 Å². The first-order valence-electron chi connectivity index (χ1n) is 6.46. The van der Waals surface area contributed by atoms with Gasteiger partial charge < -0.3 is 15.6 Å². The van der Waals surface area contributed by atoms with Gasteiger partial charge in [0.25, 0.3) is 0 Å². The zero-order chi connectivity index (χ0) is 11.4. The van der Waals surface area contributed by atoms with Gasteiger partial charge in [-0.15, -0.1) is 0 Å². The van der Waals surface area contributed by atoms with Crippen LogP contribution in [0.2, 0.25) is 0 Å². The normalized spacial score (nSPS) is 19.0. The first kappa shape index (κ1) is 9.54. The molecule has 2 aromatic rings. The Morgan fingerprint density at radius 2 is 2.12 bits per heavy atom. The van der Waals surface area contributed by atoms with Crippen molar-refractivity contribution in [1.29, 1.82) is 0 Å². The van der Waals surface area contributed by atoms with Crippen LogP contribution < -0.4 is 10.6 Å². The monoisotopic (exact) mass is 227 g/mol. The summed E-state index contributed by atoms with van der Waals surface area (Å²) in [5.41, 5.74) is 9.79. The molecule has 0 radical (unpaired) electrons. The average Bonchev–Trinajstić information content (AvgIpc) is 2.80. The maximum absolute atomic E-state index is 5.74. The van der Waals surface area contributed by atoms with Gasteiger partial charge in [0, 0.05) is 36.1 Å². The number of hydrogen-bond donors (Lipinski definition) is 2. The Kier molecular flexibility index (Phi) is 1.83. The van der Waals surface area contributed by atoms with Gasteiger partial charge in [-0.3, -0.25) is 0 Å². The van der Waals surface area contributed by atoms with Crippen molar-refractivity contribution in [3.63, 3.8) is 0 Å². The second kappa shape index (κ2) is 3.26. The van der Waals surface area contributed by atoms with Gasteiger partial charge in [-0.1, -0.05) is 6.07 Å². The molecule has 4 heterocycles. The van der Waals surface area contributed by atoms with Crippen LogP contribution in [0.25, 0.3) is 10.9 Å². The topological polar surface area (TPSA) is 45.1 Å². The highest BCUT2D eigenvalue weighted by atomic mass is 15.2. The van der Waals surface area contributed by atoms with Crippen LogP contribution in [-0.2, 0) is 6.54 Å². The Balaban J connectivity index is 2.01. The van der Waals surface area contributed by atoms with Crippen LogP contribution in [0.4, 0.5) is 5.82 Å². The Hall–Kier alpha value is -1.48. The van der Waals surface area contributed by atoms with Gasteiger partial charge in [0.05, 0.1) is 0 Å². The van der Waals surface area contributed by atoms with Crippen molar-refractivity contribution in [2.24, 2.45) is 5.73 Å². The maximum Gasteiger partial charge on any atom is 0.110 e. The molecule has 0 unspecified atom stereocenters. The Bertz CT molecular complexity index is 576. The van der Waals surface area contributed by atoms with E-state index in [4.69, 9.17) is 5.73 Å². The molecule has 1 aromatic heterocycles. The zero-order valence-electron chi connectivity index (χ0n) is 9.87. The van der Waals surface area contributed by atoms with Gasteiger partial charge in [0.15, 0.2) is 0 Å². The van der Waals surface area contributed by atoms with Crippen molar-refractivity contribution < 1.29 is 0 Å². The number of nitrogens with one attached hydrogen (secondary N) is 1. The number of hydrogen-bond acceptors (Lipinski definition) is 2. The Labute approximate surface area is 101 Å². The second-order valence-corrected chi connectivity index (χ2v) is 5.23. The van der Waals surface area contributed by atoms with Crippen molar-refractivity contribution in [3.8, 4) is 0 Å².